The number of aryl methyl sites for hydroxylation is 1. The SMILES string of the molecule is Nc1cc(F)ccc1-c1nnc2n1CCC2. The Bertz CT molecular complexity index is 547. The predicted molar refractivity (Wildman–Crippen MR) is 58.1 cm³/mol. The second kappa shape index (κ2) is 3.30. The van der Waals surface area contributed by atoms with Gasteiger partial charge in [-0.2, -0.15) is 0 Å². The number of nitrogens with two attached hydrogens (primary N) is 1. The van der Waals surface area contributed by atoms with Crippen molar-refractivity contribution in [3.63, 3.8) is 0 Å². The van der Waals surface area contributed by atoms with Gasteiger partial charge in [0.15, 0.2) is 5.82 Å². The van der Waals surface area contributed by atoms with Crippen LogP contribution in [-0.2, 0) is 13.0 Å². The zero-order valence-corrected chi connectivity index (χ0v) is 8.65. The first kappa shape index (κ1) is 9.33. The first-order valence-corrected chi connectivity index (χ1v) is 5.23. The molecule has 4 nitrogen and oxygen atoms in total. The van der Waals surface area contributed by atoms with Gasteiger partial charge in [0.25, 0.3) is 0 Å². The average Bonchev–Trinajstić information content (AvgIpc) is 2.80. The maximum absolute atomic E-state index is 12.9. The Morgan fingerprint density at radius 2 is 2.19 bits per heavy atom. The van der Waals surface area contributed by atoms with Crippen molar-refractivity contribution in [2.75, 3.05) is 5.73 Å². The molecule has 2 heterocycles. The number of benzene rings is 1. The molecule has 1 aromatic heterocycles. The number of halogens is 1. The highest BCUT2D eigenvalue weighted by Gasteiger charge is 2.19. The molecule has 0 saturated heterocycles. The molecule has 0 aliphatic carbocycles. The molecule has 0 bridgehead atoms. The molecule has 16 heavy (non-hydrogen) atoms. The van der Waals surface area contributed by atoms with Crippen LogP contribution in [0.1, 0.15) is 12.2 Å². The zero-order chi connectivity index (χ0) is 11.1. The summed E-state index contributed by atoms with van der Waals surface area (Å²) in [5.41, 5.74) is 6.94. The van der Waals surface area contributed by atoms with Crippen LogP contribution in [0.5, 0.6) is 0 Å². The van der Waals surface area contributed by atoms with Crippen molar-refractivity contribution in [3.8, 4) is 11.4 Å². The first-order chi connectivity index (χ1) is 7.75. The topological polar surface area (TPSA) is 56.7 Å². The summed E-state index contributed by atoms with van der Waals surface area (Å²) < 4.78 is 15.0. The molecule has 0 spiro atoms. The predicted octanol–water partition coefficient (Wildman–Crippen LogP) is 1.61. The summed E-state index contributed by atoms with van der Waals surface area (Å²) >= 11 is 0. The van der Waals surface area contributed by atoms with Crippen LogP contribution >= 0.6 is 0 Å². The molecule has 0 radical (unpaired) electrons. The maximum atomic E-state index is 12.9. The minimum Gasteiger partial charge on any atom is -0.398 e. The summed E-state index contributed by atoms with van der Waals surface area (Å²) in [6.07, 6.45) is 2.03. The van der Waals surface area contributed by atoms with Crippen molar-refractivity contribution in [3.05, 3.63) is 29.8 Å². The van der Waals surface area contributed by atoms with Gasteiger partial charge in [0, 0.05) is 24.2 Å². The Kier molecular flexibility index (Phi) is 1.92. The van der Waals surface area contributed by atoms with E-state index < -0.39 is 0 Å². The molecule has 82 valence electrons. The van der Waals surface area contributed by atoms with Crippen molar-refractivity contribution in [1.82, 2.24) is 14.8 Å². The average molecular weight is 218 g/mol. The highest BCUT2D eigenvalue weighted by molar-refractivity contribution is 5.71. The third-order valence-corrected chi connectivity index (χ3v) is 2.86. The van der Waals surface area contributed by atoms with Crippen LogP contribution in [0.2, 0.25) is 0 Å². The standard InChI is InChI=1S/C11H11FN4/c12-7-3-4-8(9(13)6-7)11-15-14-10-2-1-5-16(10)11/h3-4,6H,1-2,5,13H2. The Labute approximate surface area is 91.9 Å². The fourth-order valence-electron chi connectivity index (χ4n) is 2.09. The first-order valence-electron chi connectivity index (χ1n) is 5.23. The van der Waals surface area contributed by atoms with Gasteiger partial charge in [-0.1, -0.05) is 0 Å². The van der Waals surface area contributed by atoms with E-state index >= 15 is 0 Å². The monoisotopic (exact) mass is 218 g/mol. The van der Waals surface area contributed by atoms with Crippen LogP contribution < -0.4 is 5.73 Å². The van der Waals surface area contributed by atoms with Gasteiger partial charge in [-0.3, -0.25) is 0 Å². The van der Waals surface area contributed by atoms with Gasteiger partial charge < -0.3 is 10.3 Å². The Morgan fingerprint density at radius 3 is 3.00 bits per heavy atom. The van der Waals surface area contributed by atoms with Gasteiger partial charge in [0.2, 0.25) is 0 Å². The summed E-state index contributed by atoms with van der Waals surface area (Å²) in [5, 5.41) is 8.21. The van der Waals surface area contributed by atoms with E-state index in [0.717, 1.165) is 36.6 Å². The van der Waals surface area contributed by atoms with Gasteiger partial charge in [-0.25, -0.2) is 4.39 Å². The molecule has 0 saturated carbocycles. The zero-order valence-electron chi connectivity index (χ0n) is 8.65. The molecule has 1 aliphatic heterocycles. The number of aromatic nitrogens is 3. The van der Waals surface area contributed by atoms with Gasteiger partial charge in [0.1, 0.15) is 11.6 Å². The third-order valence-electron chi connectivity index (χ3n) is 2.86. The largest absolute Gasteiger partial charge is 0.398 e. The lowest BCUT2D eigenvalue weighted by atomic mass is 10.1. The number of hydrogen-bond acceptors (Lipinski definition) is 3. The summed E-state index contributed by atoms with van der Waals surface area (Å²) in [4.78, 5) is 0. The second-order valence-corrected chi connectivity index (χ2v) is 3.93. The van der Waals surface area contributed by atoms with E-state index in [2.05, 4.69) is 10.2 Å². The summed E-state index contributed by atoms with van der Waals surface area (Å²) in [6, 6.07) is 4.36. The van der Waals surface area contributed by atoms with Crippen LogP contribution in [0.4, 0.5) is 10.1 Å². The Morgan fingerprint density at radius 1 is 1.31 bits per heavy atom. The van der Waals surface area contributed by atoms with E-state index in [1.807, 2.05) is 4.57 Å². The molecular weight excluding hydrogens is 207 g/mol. The molecule has 1 aromatic carbocycles. The summed E-state index contributed by atoms with van der Waals surface area (Å²) in [6.45, 7) is 0.911. The fourth-order valence-corrected chi connectivity index (χ4v) is 2.09. The van der Waals surface area contributed by atoms with Crippen LogP contribution in [0.3, 0.4) is 0 Å². The number of rotatable bonds is 1. The number of nitrogens with zero attached hydrogens (tertiary/aromatic N) is 3. The van der Waals surface area contributed by atoms with Crippen molar-refractivity contribution in [1.29, 1.82) is 0 Å². The Balaban J connectivity index is 2.15. The van der Waals surface area contributed by atoms with Crippen LogP contribution in [-0.4, -0.2) is 14.8 Å². The maximum Gasteiger partial charge on any atom is 0.166 e. The normalized spacial score (nSPS) is 14.1. The summed E-state index contributed by atoms with van der Waals surface area (Å²) in [5.74, 6) is 1.39. The minimum absolute atomic E-state index is 0.331. The van der Waals surface area contributed by atoms with E-state index in [0.29, 0.717) is 5.69 Å². The molecule has 5 heteroatoms. The molecule has 1 aliphatic rings. The van der Waals surface area contributed by atoms with Crippen LogP contribution in [0.25, 0.3) is 11.4 Å². The minimum atomic E-state index is -0.331. The lowest BCUT2D eigenvalue weighted by molar-refractivity contribution is 0.628. The molecule has 0 unspecified atom stereocenters. The molecular formula is C11H11FN4. The van der Waals surface area contributed by atoms with Gasteiger partial charge >= 0.3 is 0 Å². The van der Waals surface area contributed by atoms with Crippen molar-refractivity contribution >= 4 is 5.69 Å². The second-order valence-electron chi connectivity index (χ2n) is 3.93. The number of fused-ring (bicyclic) bond motifs is 1. The number of anilines is 1. The van der Waals surface area contributed by atoms with Gasteiger partial charge in [0.05, 0.1) is 0 Å². The third kappa shape index (κ3) is 1.28. The Hall–Kier alpha value is -1.91. The molecule has 2 aromatic rings. The fraction of sp³-hybridized carbons (Fsp3) is 0.273. The van der Waals surface area contributed by atoms with Crippen molar-refractivity contribution in [2.45, 2.75) is 19.4 Å². The molecule has 2 N–H and O–H groups in total. The van der Waals surface area contributed by atoms with E-state index in [1.165, 1.54) is 12.1 Å². The van der Waals surface area contributed by atoms with Gasteiger partial charge in [-0.05, 0) is 24.6 Å². The molecule has 3 rings (SSSR count). The molecule has 0 fully saturated rings. The number of hydrogen-bond donors (Lipinski definition) is 1. The van der Waals surface area contributed by atoms with Crippen molar-refractivity contribution in [2.24, 2.45) is 0 Å². The van der Waals surface area contributed by atoms with E-state index in [9.17, 15) is 4.39 Å². The number of nitrogen functional groups attached to an aromatic ring is 1. The van der Waals surface area contributed by atoms with Crippen LogP contribution in [0.15, 0.2) is 18.2 Å². The smallest absolute Gasteiger partial charge is 0.166 e. The molecule has 0 atom stereocenters. The highest BCUT2D eigenvalue weighted by Crippen LogP contribution is 2.28. The molecule has 0 amide bonds. The van der Waals surface area contributed by atoms with E-state index in [-0.39, 0.29) is 5.82 Å². The lowest BCUT2D eigenvalue weighted by Crippen LogP contribution is -1.99. The van der Waals surface area contributed by atoms with E-state index in [1.54, 1.807) is 6.07 Å². The quantitative estimate of drug-likeness (QED) is 0.740. The lowest BCUT2D eigenvalue weighted by Gasteiger charge is -2.05. The van der Waals surface area contributed by atoms with Crippen LogP contribution in [0, 0.1) is 5.82 Å². The van der Waals surface area contributed by atoms with Gasteiger partial charge in [-0.15, -0.1) is 10.2 Å². The van der Waals surface area contributed by atoms with Crippen molar-refractivity contribution < 1.29 is 4.39 Å². The van der Waals surface area contributed by atoms with E-state index in [4.69, 9.17) is 5.73 Å². The summed E-state index contributed by atoms with van der Waals surface area (Å²) in [7, 11) is 0. The highest BCUT2D eigenvalue weighted by atomic mass is 19.1.